The summed E-state index contributed by atoms with van der Waals surface area (Å²) in [6, 6.07) is 3.01. The van der Waals surface area contributed by atoms with Gasteiger partial charge in [-0.3, -0.25) is 4.90 Å². The minimum absolute atomic E-state index is 0.196. The molecule has 0 bridgehead atoms. The maximum atomic E-state index is 13.8. The van der Waals surface area contributed by atoms with Crippen molar-refractivity contribution < 1.29 is 13.9 Å². The molecule has 0 spiro atoms. The van der Waals surface area contributed by atoms with Crippen LogP contribution in [0.3, 0.4) is 0 Å². The first kappa shape index (κ1) is 17.8. The Morgan fingerprint density at radius 2 is 2.04 bits per heavy atom. The Balaban J connectivity index is 1.60. The third-order valence-corrected chi connectivity index (χ3v) is 4.35. The first-order valence-corrected chi connectivity index (χ1v) is 8.66. The normalized spacial score (nSPS) is 21.4. The standard InChI is InChI=1S/C18H25FN4O2/c1-12-9-23(10-13(2)25-12)6-4-5-20-18-14-7-17(24-3)15(19)8-16(14)21-11-22-18/h7-8,11-13H,4-6,9-10H2,1-3H3,(H,20,21,22)/t12-,13+. The molecule has 2 heterocycles. The highest BCUT2D eigenvalue weighted by molar-refractivity contribution is 5.90. The van der Waals surface area contributed by atoms with Gasteiger partial charge in [-0.25, -0.2) is 14.4 Å². The summed E-state index contributed by atoms with van der Waals surface area (Å²) in [6.07, 6.45) is 3.00. The number of morpholine rings is 1. The molecule has 1 aliphatic rings. The van der Waals surface area contributed by atoms with Crippen molar-refractivity contribution in [2.45, 2.75) is 32.5 Å². The summed E-state index contributed by atoms with van der Waals surface area (Å²) in [5.74, 6) is 0.476. The number of nitrogens with zero attached hydrogens (tertiary/aromatic N) is 3. The van der Waals surface area contributed by atoms with Gasteiger partial charge in [0.1, 0.15) is 12.1 Å². The van der Waals surface area contributed by atoms with E-state index in [9.17, 15) is 4.39 Å². The van der Waals surface area contributed by atoms with Crippen LogP contribution >= 0.6 is 0 Å². The van der Waals surface area contributed by atoms with Gasteiger partial charge in [-0.2, -0.15) is 0 Å². The Morgan fingerprint density at radius 1 is 1.28 bits per heavy atom. The van der Waals surface area contributed by atoms with E-state index in [4.69, 9.17) is 9.47 Å². The Kier molecular flexibility index (Phi) is 5.65. The molecular weight excluding hydrogens is 323 g/mol. The third kappa shape index (κ3) is 4.35. The van der Waals surface area contributed by atoms with Crippen molar-refractivity contribution in [3.63, 3.8) is 0 Å². The van der Waals surface area contributed by atoms with Gasteiger partial charge >= 0.3 is 0 Å². The second-order valence-corrected chi connectivity index (χ2v) is 6.52. The molecule has 6 nitrogen and oxygen atoms in total. The van der Waals surface area contributed by atoms with E-state index in [-0.39, 0.29) is 18.0 Å². The predicted molar refractivity (Wildman–Crippen MR) is 95.6 cm³/mol. The topological polar surface area (TPSA) is 59.5 Å². The van der Waals surface area contributed by atoms with Crippen LogP contribution in [0.2, 0.25) is 0 Å². The number of methoxy groups -OCH3 is 1. The summed E-state index contributed by atoms with van der Waals surface area (Å²) in [7, 11) is 1.45. The van der Waals surface area contributed by atoms with Gasteiger partial charge < -0.3 is 14.8 Å². The molecule has 1 N–H and O–H groups in total. The number of fused-ring (bicyclic) bond motifs is 1. The predicted octanol–water partition coefficient (Wildman–Crippen LogP) is 2.69. The van der Waals surface area contributed by atoms with Crippen molar-refractivity contribution in [3.05, 3.63) is 24.3 Å². The molecule has 2 aromatic rings. The third-order valence-electron chi connectivity index (χ3n) is 4.35. The van der Waals surface area contributed by atoms with E-state index in [1.807, 2.05) is 0 Å². The van der Waals surface area contributed by atoms with E-state index in [0.29, 0.717) is 11.3 Å². The first-order chi connectivity index (χ1) is 12.1. The van der Waals surface area contributed by atoms with Crippen molar-refractivity contribution in [1.29, 1.82) is 0 Å². The SMILES string of the molecule is COc1cc2c(NCCCN3C[C@@H](C)O[C@@H](C)C3)ncnc2cc1F. The number of hydrogen-bond acceptors (Lipinski definition) is 6. The van der Waals surface area contributed by atoms with E-state index in [1.54, 1.807) is 6.07 Å². The quantitative estimate of drug-likeness (QED) is 0.810. The van der Waals surface area contributed by atoms with Gasteiger partial charge in [0.15, 0.2) is 11.6 Å². The lowest BCUT2D eigenvalue weighted by Crippen LogP contribution is -2.45. The lowest BCUT2D eigenvalue weighted by atomic mass is 10.2. The number of anilines is 1. The van der Waals surface area contributed by atoms with Crippen molar-refractivity contribution in [2.24, 2.45) is 0 Å². The van der Waals surface area contributed by atoms with Crippen LogP contribution in [0.1, 0.15) is 20.3 Å². The summed E-state index contributed by atoms with van der Waals surface area (Å²) in [5, 5.41) is 4.09. The molecule has 0 amide bonds. The molecule has 0 saturated carbocycles. The molecule has 7 heteroatoms. The number of aromatic nitrogens is 2. The summed E-state index contributed by atoms with van der Waals surface area (Å²) in [6.45, 7) is 7.95. The molecule has 3 rings (SSSR count). The van der Waals surface area contributed by atoms with Gasteiger partial charge in [0.05, 0.1) is 24.8 Å². The Morgan fingerprint density at radius 3 is 2.76 bits per heavy atom. The molecule has 1 saturated heterocycles. The highest BCUT2D eigenvalue weighted by atomic mass is 19.1. The van der Waals surface area contributed by atoms with E-state index in [0.717, 1.165) is 38.0 Å². The molecular formula is C18H25FN4O2. The number of hydrogen-bond donors (Lipinski definition) is 1. The van der Waals surface area contributed by atoms with Crippen LogP contribution in [0.4, 0.5) is 10.2 Å². The molecule has 0 radical (unpaired) electrons. The zero-order chi connectivity index (χ0) is 17.8. The van der Waals surface area contributed by atoms with Crippen molar-refractivity contribution >= 4 is 16.7 Å². The maximum absolute atomic E-state index is 13.8. The Labute approximate surface area is 147 Å². The maximum Gasteiger partial charge on any atom is 0.167 e. The second-order valence-electron chi connectivity index (χ2n) is 6.52. The van der Waals surface area contributed by atoms with E-state index >= 15 is 0 Å². The molecule has 1 fully saturated rings. The summed E-state index contributed by atoms with van der Waals surface area (Å²) < 4.78 is 24.6. The van der Waals surface area contributed by atoms with Crippen molar-refractivity contribution in [2.75, 3.05) is 38.6 Å². The monoisotopic (exact) mass is 348 g/mol. The fraction of sp³-hybridized carbons (Fsp3) is 0.556. The van der Waals surface area contributed by atoms with Crippen LogP contribution in [0.5, 0.6) is 5.75 Å². The molecule has 0 aliphatic carbocycles. The van der Waals surface area contributed by atoms with Gasteiger partial charge in [-0.1, -0.05) is 0 Å². The second kappa shape index (κ2) is 7.93. The lowest BCUT2D eigenvalue weighted by Gasteiger charge is -2.35. The average Bonchev–Trinajstić information content (AvgIpc) is 2.57. The van der Waals surface area contributed by atoms with Gasteiger partial charge in [-0.15, -0.1) is 0 Å². The molecule has 1 aliphatic heterocycles. The summed E-state index contributed by atoms with van der Waals surface area (Å²) >= 11 is 0. The highest BCUT2D eigenvalue weighted by Crippen LogP contribution is 2.27. The van der Waals surface area contributed by atoms with Crippen LogP contribution in [-0.2, 0) is 4.74 Å². The van der Waals surface area contributed by atoms with Gasteiger partial charge in [0, 0.05) is 37.6 Å². The molecule has 0 unspecified atom stereocenters. The minimum Gasteiger partial charge on any atom is -0.494 e. The molecule has 1 aromatic heterocycles. The van der Waals surface area contributed by atoms with Crippen LogP contribution in [0.25, 0.3) is 10.9 Å². The summed E-state index contributed by atoms with van der Waals surface area (Å²) in [5.41, 5.74) is 0.562. The van der Waals surface area contributed by atoms with E-state index in [2.05, 4.69) is 34.0 Å². The van der Waals surface area contributed by atoms with Crippen LogP contribution in [0, 0.1) is 5.82 Å². The highest BCUT2D eigenvalue weighted by Gasteiger charge is 2.21. The van der Waals surface area contributed by atoms with Gasteiger partial charge in [0.2, 0.25) is 0 Å². The number of halogens is 1. The van der Waals surface area contributed by atoms with E-state index in [1.165, 1.54) is 19.5 Å². The zero-order valence-electron chi connectivity index (χ0n) is 15.0. The van der Waals surface area contributed by atoms with E-state index < -0.39 is 5.82 Å². The molecule has 136 valence electrons. The van der Waals surface area contributed by atoms with Gasteiger partial charge in [0.25, 0.3) is 0 Å². The lowest BCUT2D eigenvalue weighted by molar-refractivity contribution is -0.0678. The summed E-state index contributed by atoms with van der Waals surface area (Å²) in [4.78, 5) is 10.8. The van der Waals surface area contributed by atoms with Crippen LogP contribution in [0.15, 0.2) is 18.5 Å². The molecule has 25 heavy (non-hydrogen) atoms. The fourth-order valence-electron chi connectivity index (χ4n) is 3.33. The largest absolute Gasteiger partial charge is 0.494 e. The van der Waals surface area contributed by atoms with Crippen LogP contribution < -0.4 is 10.1 Å². The van der Waals surface area contributed by atoms with Crippen molar-refractivity contribution in [3.8, 4) is 5.75 Å². The Bertz CT molecular complexity index is 718. The van der Waals surface area contributed by atoms with Crippen LogP contribution in [-0.4, -0.2) is 60.4 Å². The number of rotatable bonds is 6. The zero-order valence-corrected chi connectivity index (χ0v) is 15.0. The smallest absolute Gasteiger partial charge is 0.167 e. The number of ether oxygens (including phenoxy) is 2. The minimum atomic E-state index is -0.421. The Hall–Kier alpha value is -1.99. The number of nitrogens with one attached hydrogen (secondary N) is 1. The molecule has 2 atom stereocenters. The molecule has 1 aromatic carbocycles. The van der Waals surface area contributed by atoms with Crippen molar-refractivity contribution in [1.82, 2.24) is 14.9 Å². The average molecular weight is 348 g/mol. The number of benzene rings is 1. The first-order valence-electron chi connectivity index (χ1n) is 8.66. The van der Waals surface area contributed by atoms with Gasteiger partial charge in [-0.05, 0) is 26.3 Å². The fourth-order valence-corrected chi connectivity index (χ4v) is 3.33.